The molecule has 0 amide bonds. The summed E-state index contributed by atoms with van der Waals surface area (Å²) in [6, 6.07) is 11.7. The second kappa shape index (κ2) is 6.80. The molecule has 0 aliphatic carbocycles. The SMILES string of the molecule is Cc1ccccc1S(=O)(=O)Oc1ccc(C[C@H](N)C(=O)O)cc1. The normalized spacial score (nSPS) is 12.6. The minimum Gasteiger partial charge on any atom is -0.480 e. The van der Waals surface area contributed by atoms with E-state index in [0.29, 0.717) is 11.1 Å². The fourth-order valence-corrected chi connectivity index (χ4v) is 3.19. The van der Waals surface area contributed by atoms with E-state index in [1.807, 2.05) is 0 Å². The molecule has 0 spiro atoms. The first-order chi connectivity index (χ1) is 10.8. The van der Waals surface area contributed by atoms with Crippen molar-refractivity contribution in [3.8, 4) is 5.75 Å². The van der Waals surface area contributed by atoms with Gasteiger partial charge in [-0.15, -0.1) is 0 Å². The highest BCUT2D eigenvalue weighted by Gasteiger charge is 2.19. The second-order valence-electron chi connectivity index (χ2n) is 5.10. The van der Waals surface area contributed by atoms with E-state index in [1.54, 1.807) is 37.3 Å². The van der Waals surface area contributed by atoms with Gasteiger partial charge in [0.2, 0.25) is 0 Å². The largest absolute Gasteiger partial charge is 0.480 e. The van der Waals surface area contributed by atoms with E-state index < -0.39 is 22.1 Å². The number of hydrogen-bond donors (Lipinski definition) is 2. The number of hydrogen-bond acceptors (Lipinski definition) is 5. The first-order valence-corrected chi connectivity index (χ1v) is 8.28. The Bertz CT molecular complexity index is 799. The van der Waals surface area contributed by atoms with Crippen LogP contribution in [0.2, 0.25) is 0 Å². The van der Waals surface area contributed by atoms with Gasteiger partial charge in [0.05, 0.1) is 0 Å². The standard InChI is InChI=1S/C16H17NO5S/c1-11-4-2-3-5-15(11)23(20,21)22-13-8-6-12(7-9-13)10-14(17)16(18)19/h2-9,14H,10,17H2,1H3,(H,18,19)/t14-/m0/s1. The summed E-state index contributed by atoms with van der Waals surface area (Å²) in [4.78, 5) is 10.8. The van der Waals surface area contributed by atoms with Gasteiger partial charge in [-0.1, -0.05) is 30.3 Å². The van der Waals surface area contributed by atoms with Gasteiger partial charge in [0.25, 0.3) is 0 Å². The molecule has 2 rings (SSSR count). The maximum atomic E-state index is 12.3. The van der Waals surface area contributed by atoms with Crippen LogP contribution in [0.25, 0.3) is 0 Å². The average molecular weight is 335 g/mol. The lowest BCUT2D eigenvalue weighted by Crippen LogP contribution is -2.32. The van der Waals surface area contributed by atoms with Crippen molar-refractivity contribution in [3.63, 3.8) is 0 Å². The van der Waals surface area contributed by atoms with E-state index in [1.165, 1.54) is 18.2 Å². The number of carboxylic acid groups (broad SMARTS) is 1. The molecule has 0 fully saturated rings. The Morgan fingerprint density at radius 2 is 1.78 bits per heavy atom. The molecule has 3 N–H and O–H groups in total. The molecule has 122 valence electrons. The summed E-state index contributed by atoms with van der Waals surface area (Å²) in [5, 5.41) is 8.77. The molecule has 7 heteroatoms. The van der Waals surface area contributed by atoms with E-state index in [0.717, 1.165) is 0 Å². The lowest BCUT2D eigenvalue weighted by molar-refractivity contribution is -0.138. The van der Waals surface area contributed by atoms with Gasteiger partial charge in [-0.25, -0.2) is 0 Å². The fraction of sp³-hybridized carbons (Fsp3) is 0.188. The van der Waals surface area contributed by atoms with Crippen LogP contribution in [0, 0.1) is 6.92 Å². The molecule has 0 aliphatic heterocycles. The van der Waals surface area contributed by atoms with E-state index in [-0.39, 0.29) is 17.1 Å². The van der Waals surface area contributed by atoms with E-state index >= 15 is 0 Å². The van der Waals surface area contributed by atoms with E-state index in [4.69, 9.17) is 15.0 Å². The minimum absolute atomic E-state index is 0.108. The fourth-order valence-electron chi connectivity index (χ4n) is 2.03. The van der Waals surface area contributed by atoms with Crippen molar-refractivity contribution in [2.75, 3.05) is 0 Å². The van der Waals surface area contributed by atoms with Crippen molar-refractivity contribution in [3.05, 3.63) is 59.7 Å². The van der Waals surface area contributed by atoms with Crippen molar-refractivity contribution in [1.29, 1.82) is 0 Å². The van der Waals surface area contributed by atoms with Crippen LogP contribution in [0.15, 0.2) is 53.4 Å². The van der Waals surface area contributed by atoms with Gasteiger partial charge in [-0.2, -0.15) is 8.42 Å². The molecule has 2 aromatic rings. The lowest BCUT2D eigenvalue weighted by Gasteiger charge is -2.10. The summed E-state index contributed by atoms with van der Waals surface area (Å²) < 4.78 is 29.6. The molecule has 0 radical (unpaired) electrons. The molecule has 0 aliphatic rings. The first kappa shape index (κ1) is 17.0. The Morgan fingerprint density at radius 1 is 1.17 bits per heavy atom. The van der Waals surface area contributed by atoms with Gasteiger partial charge < -0.3 is 15.0 Å². The Morgan fingerprint density at radius 3 is 2.35 bits per heavy atom. The van der Waals surface area contributed by atoms with E-state index in [9.17, 15) is 13.2 Å². The highest BCUT2D eigenvalue weighted by Crippen LogP contribution is 2.21. The summed E-state index contributed by atoms with van der Waals surface area (Å²) in [7, 11) is -3.91. The van der Waals surface area contributed by atoms with Gasteiger partial charge >= 0.3 is 16.1 Å². The molecule has 0 saturated heterocycles. The molecule has 0 saturated carbocycles. The maximum absolute atomic E-state index is 12.3. The topological polar surface area (TPSA) is 107 Å². The third kappa shape index (κ3) is 4.30. The summed E-state index contributed by atoms with van der Waals surface area (Å²) in [5.74, 6) is -0.937. The van der Waals surface area contributed by atoms with Gasteiger partial charge in [0.1, 0.15) is 16.7 Å². The molecule has 1 atom stereocenters. The molecule has 0 bridgehead atoms. The smallest absolute Gasteiger partial charge is 0.339 e. The quantitative estimate of drug-likeness (QED) is 0.778. The van der Waals surface area contributed by atoms with Crippen LogP contribution in [-0.2, 0) is 21.3 Å². The van der Waals surface area contributed by atoms with Crippen molar-refractivity contribution in [2.24, 2.45) is 5.73 Å². The predicted molar refractivity (Wildman–Crippen MR) is 84.8 cm³/mol. The third-order valence-electron chi connectivity index (χ3n) is 3.27. The monoisotopic (exact) mass is 335 g/mol. The molecule has 0 aromatic heterocycles. The number of aryl methyl sites for hydroxylation is 1. The Kier molecular flexibility index (Phi) is 5.02. The first-order valence-electron chi connectivity index (χ1n) is 6.87. The highest BCUT2D eigenvalue weighted by atomic mass is 32.2. The second-order valence-corrected chi connectivity index (χ2v) is 6.61. The highest BCUT2D eigenvalue weighted by molar-refractivity contribution is 7.87. The molecule has 0 heterocycles. The van der Waals surface area contributed by atoms with Crippen LogP contribution in [0.4, 0.5) is 0 Å². The zero-order chi connectivity index (χ0) is 17.0. The third-order valence-corrected chi connectivity index (χ3v) is 4.67. The van der Waals surface area contributed by atoms with Gasteiger partial charge in [0, 0.05) is 0 Å². The molecular weight excluding hydrogens is 318 g/mol. The maximum Gasteiger partial charge on any atom is 0.339 e. The zero-order valence-corrected chi connectivity index (χ0v) is 13.3. The van der Waals surface area contributed by atoms with Crippen LogP contribution in [0.1, 0.15) is 11.1 Å². The Hall–Kier alpha value is -2.38. The average Bonchev–Trinajstić information content (AvgIpc) is 2.49. The van der Waals surface area contributed by atoms with Crippen molar-refractivity contribution in [1.82, 2.24) is 0 Å². The number of aliphatic carboxylic acids is 1. The van der Waals surface area contributed by atoms with Crippen LogP contribution in [-0.4, -0.2) is 25.5 Å². The number of nitrogens with two attached hydrogens (primary N) is 1. The van der Waals surface area contributed by atoms with Crippen LogP contribution in [0.3, 0.4) is 0 Å². The summed E-state index contributed by atoms with van der Waals surface area (Å²) in [6.07, 6.45) is 0.153. The number of carbonyl (C=O) groups is 1. The molecule has 0 unspecified atom stereocenters. The molecular formula is C16H17NO5S. The van der Waals surface area contributed by atoms with Gasteiger partial charge in [-0.05, 0) is 42.7 Å². The van der Waals surface area contributed by atoms with Crippen molar-refractivity contribution >= 4 is 16.1 Å². The zero-order valence-electron chi connectivity index (χ0n) is 12.5. The van der Waals surface area contributed by atoms with Gasteiger partial charge in [0.15, 0.2) is 0 Å². The number of carboxylic acids is 1. The minimum atomic E-state index is -3.91. The number of benzene rings is 2. The predicted octanol–water partition coefficient (Wildman–Crippen LogP) is 1.72. The lowest BCUT2D eigenvalue weighted by atomic mass is 10.1. The van der Waals surface area contributed by atoms with E-state index in [2.05, 4.69) is 0 Å². The summed E-state index contributed by atoms with van der Waals surface area (Å²) in [6.45, 7) is 1.69. The molecule has 6 nitrogen and oxygen atoms in total. The number of rotatable bonds is 6. The van der Waals surface area contributed by atoms with Crippen LogP contribution in [0.5, 0.6) is 5.75 Å². The van der Waals surface area contributed by atoms with Crippen molar-refractivity contribution in [2.45, 2.75) is 24.3 Å². The summed E-state index contributed by atoms with van der Waals surface area (Å²) in [5.41, 5.74) is 6.73. The molecule has 2 aromatic carbocycles. The summed E-state index contributed by atoms with van der Waals surface area (Å²) >= 11 is 0. The Labute approximate surface area is 134 Å². The molecule has 23 heavy (non-hydrogen) atoms. The van der Waals surface area contributed by atoms with Gasteiger partial charge in [-0.3, -0.25) is 4.79 Å². The van der Waals surface area contributed by atoms with Crippen LogP contribution >= 0.6 is 0 Å². The van der Waals surface area contributed by atoms with Crippen molar-refractivity contribution < 1.29 is 22.5 Å². The van der Waals surface area contributed by atoms with Crippen LogP contribution < -0.4 is 9.92 Å². The Balaban J connectivity index is 2.15.